The Morgan fingerprint density at radius 1 is 1.40 bits per heavy atom. The molecule has 0 bridgehead atoms. The minimum Gasteiger partial charge on any atom is -0.330 e. The molecule has 1 fully saturated rings. The molecule has 0 radical (unpaired) electrons. The van der Waals surface area contributed by atoms with E-state index in [9.17, 15) is 0 Å². The van der Waals surface area contributed by atoms with Gasteiger partial charge in [0.1, 0.15) is 0 Å². The maximum absolute atomic E-state index is 5.66. The van der Waals surface area contributed by atoms with Gasteiger partial charge in [0, 0.05) is 0 Å². The lowest BCUT2D eigenvalue weighted by Crippen LogP contribution is -2.14. The summed E-state index contributed by atoms with van der Waals surface area (Å²) in [6, 6.07) is 9.09. The standard InChI is InChI=1S/C14H21N/c1-11(10-15)8-12-4-2-7-14(9-12)13-5-3-6-13/h2,4,7,9,11,13H,3,5-6,8,10,15H2,1H3. The first-order valence-electron chi connectivity index (χ1n) is 6.08. The Labute approximate surface area is 92.7 Å². The lowest BCUT2D eigenvalue weighted by molar-refractivity contribution is 0.419. The zero-order valence-electron chi connectivity index (χ0n) is 9.58. The van der Waals surface area contributed by atoms with Crippen LogP contribution in [0, 0.1) is 5.92 Å². The Morgan fingerprint density at radius 2 is 2.20 bits per heavy atom. The molecule has 0 spiro atoms. The summed E-state index contributed by atoms with van der Waals surface area (Å²) in [5, 5.41) is 0. The van der Waals surface area contributed by atoms with Crippen LogP contribution in [0.25, 0.3) is 0 Å². The summed E-state index contributed by atoms with van der Waals surface area (Å²) in [5.74, 6) is 1.44. The lowest BCUT2D eigenvalue weighted by atomic mass is 9.79. The van der Waals surface area contributed by atoms with E-state index in [2.05, 4.69) is 31.2 Å². The molecule has 82 valence electrons. The molecule has 1 nitrogen and oxygen atoms in total. The van der Waals surface area contributed by atoms with Crippen molar-refractivity contribution in [1.29, 1.82) is 0 Å². The van der Waals surface area contributed by atoms with Gasteiger partial charge < -0.3 is 5.73 Å². The molecular weight excluding hydrogens is 182 g/mol. The lowest BCUT2D eigenvalue weighted by Gasteiger charge is -2.26. The average molecular weight is 203 g/mol. The topological polar surface area (TPSA) is 26.0 Å². The quantitative estimate of drug-likeness (QED) is 0.799. The zero-order chi connectivity index (χ0) is 10.7. The van der Waals surface area contributed by atoms with Crippen LogP contribution in [-0.4, -0.2) is 6.54 Å². The second-order valence-electron chi connectivity index (χ2n) is 4.92. The summed E-state index contributed by atoms with van der Waals surface area (Å²) in [5.41, 5.74) is 8.66. The van der Waals surface area contributed by atoms with Crippen molar-refractivity contribution in [3.05, 3.63) is 35.4 Å². The maximum atomic E-state index is 5.66. The molecule has 1 unspecified atom stereocenters. The summed E-state index contributed by atoms with van der Waals surface area (Å²) < 4.78 is 0. The average Bonchev–Trinajstić information content (AvgIpc) is 2.15. The van der Waals surface area contributed by atoms with Crippen molar-refractivity contribution in [2.24, 2.45) is 11.7 Å². The smallest absolute Gasteiger partial charge is 0.00483 e. The molecule has 0 aliphatic heterocycles. The van der Waals surface area contributed by atoms with Crippen molar-refractivity contribution < 1.29 is 0 Å². The van der Waals surface area contributed by atoms with Crippen LogP contribution in [0.1, 0.15) is 43.2 Å². The highest BCUT2D eigenvalue weighted by atomic mass is 14.5. The van der Waals surface area contributed by atoms with Crippen LogP contribution in [-0.2, 0) is 6.42 Å². The van der Waals surface area contributed by atoms with Crippen molar-refractivity contribution in [2.45, 2.75) is 38.5 Å². The van der Waals surface area contributed by atoms with Crippen LogP contribution in [0.5, 0.6) is 0 Å². The molecule has 1 aromatic carbocycles. The first-order valence-corrected chi connectivity index (χ1v) is 6.08. The largest absolute Gasteiger partial charge is 0.330 e. The fourth-order valence-corrected chi connectivity index (χ4v) is 2.20. The van der Waals surface area contributed by atoms with Gasteiger partial charge in [-0.05, 0) is 48.8 Å². The highest BCUT2D eigenvalue weighted by Crippen LogP contribution is 2.36. The van der Waals surface area contributed by atoms with Gasteiger partial charge in [0.15, 0.2) is 0 Å². The number of hydrogen-bond acceptors (Lipinski definition) is 1. The van der Waals surface area contributed by atoms with Crippen LogP contribution in [0.2, 0.25) is 0 Å². The van der Waals surface area contributed by atoms with E-state index in [1.165, 1.54) is 24.8 Å². The molecule has 2 rings (SSSR count). The fourth-order valence-electron chi connectivity index (χ4n) is 2.20. The third-order valence-electron chi connectivity index (χ3n) is 3.51. The van der Waals surface area contributed by atoms with Gasteiger partial charge in [-0.25, -0.2) is 0 Å². The molecule has 1 aromatic rings. The third kappa shape index (κ3) is 2.60. The SMILES string of the molecule is CC(CN)Cc1cccc(C2CCC2)c1. The van der Waals surface area contributed by atoms with Gasteiger partial charge in [0.25, 0.3) is 0 Å². The van der Waals surface area contributed by atoms with Crippen LogP contribution < -0.4 is 5.73 Å². The van der Waals surface area contributed by atoms with E-state index in [-0.39, 0.29) is 0 Å². The molecule has 2 N–H and O–H groups in total. The monoisotopic (exact) mass is 203 g/mol. The van der Waals surface area contributed by atoms with Crippen molar-refractivity contribution >= 4 is 0 Å². The zero-order valence-corrected chi connectivity index (χ0v) is 9.58. The minimum atomic E-state index is 0.599. The predicted molar refractivity (Wildman–Crippen MR) is 65.0 cm³/mol. The van der Waals surface area contributed by atoms with Crippen LogP contribution >= 0.6 is 0 Å². The molecule has 0 saturated heterocycles. The summed E-state index contributed by atoms with van der Waals surface area (Å²) >= 11 is 0. The van der Waals surface area contributed by atoms with Gasteiger partial charge in [-0.1, -0.05) is 37.6 Å². The van der Waals surface area contributed by atoms with E-state index in [1.807, 2.05) is 0 Å². The van der Waals surface area contributed by atoms with Gasteiger partial charge in [0.05, 0.1) is 0 Å². The van der Waals surface area contributed by atoms with Crippen LogP contribution in [0.4, 0.5) is 0 Å². The van der Waals surface area contributed by atoms with Gasteiger partial charge >= 0.3 is 0 Å². The van der Waals surface area contributed by atoms with Crippen molar-refractivity contribution in [3.8, 4) is 0 Å². The van der Waals surface area contributed by atoms with E-state index < -0.39 is 0 Å². The molecule has 15 heavy (non-hydrogen) atoms. The Kier molecular flexibility index (Phi) is 3.42. The number of hydrogen-bond donors (Lipinski definition) is 1. The predicted octanol–water partition coefficient (Wildman–Crippen LogP) is 3.09. The molecular formula is C14H21N. The van der Waals surface area contributed by atoms with Crippen molar-refractivity contribution in [1.82, 2.24) is 0 Å². The van der Waals surface area contributed by atoms with Gasteiger partial charge in [-0.2, -0.15) is 0 Å². The van der Waals surface area contributed by atoms with Gasteiger partial charge in [-0.15, -0.1) is 0 Å². The maximum Gasteiger partial charge on any atom is -0.00483 e. The summed E-state index contributed by atoms with van der Waals surface area (Å²) in [6.07, 6.45) is 5.30. The van der Waals surface area contributed by atoms with Crippen molar-refractivity contribution in [2.75, 3.05) is 6.54 Å². The molecule has 1 aliphatic rings. The first-order chi connectivity index (χ1) is 7.29. The van der Waals surface area contributed by atoms with Crippen molar-refractivity contribution in [3.63, 3.8) is 0 Å². The highest BCUT2D eigenvalue weighted by molar-refractivity contribution is 5.27. The molecule has 0 aromatic heterocycles. The fraction of sp³-hybridized carbons (Fsp3) is 0.571. The Bertz CT molecular complexity index is 315. The Hall–Kier alpha value is -0.820. The summed E-state index contributed by atoms with van der Waals surface area (Å²) in [4.78, 5) is 0. The Balaban J connectivity index is 2.04. The van der Waals surface area contributed by atoms with Crippen LogP contribution in [0.3, 0.4) is 0 Å². The number of benzene rings is 1. The molecule has 0 amide bonds. The Morgan fingerprint density at radius 3 is 2.80 bits per heavy atom. The normalized spacial score (nSPS) is 18.5. The van der Waals surface area contributed by atoms with E-state index in [4.69, 9.17) is 5.73 Å². The van der Waals surface area contributed by atoms with Gasteiger partial charge in [0.2, 0.25) is 0 Å². The van der Waals surface area contributed by atoms with E-state index in [0.29, 0.717) is 5.92 Å². The summed E-state index contributed by atoms with van der Waals surface area (Å²) in [7, 11) is 0. The van der Waals surface area contributed by atoms with E-state index in [0.717, 1.165) is 18.9 Å². The third-order valence-corrected chi connectivity index (χ3v) is 3.51. The molecule has 0 heterocycles. The first kappa shape index (κ1) is 10.7. The second-order valence-corrected chi connectivity index (χ2v) is 4.92. The van der Waals surface area contributed by atoms with Crippen LogP contribution in [0.15, 0.2) is 24.3 Å². The number of rotatable bonds is 4. The number of nitrogens with two attached hydrogens (primary N) is 1. The molecule has 1 aliphatic carbocycles. The highest BCUT2D eigenvalue weighted by Gasteiger charge is 2.19. The molecule has 1 saturated carbocycles. The van der Waals surface area contributed by atoms with E-state index >= 15 is 0 Å². The minimum absolute atomic E-state index is 0.599. The molecule has 1 heteroatoms. The van der Waals surface area contributed by atoms with E-state index in [1.54, 1.807) is 5.56 Å². The summed E-state index contributed by atoms with van der Waals surface area (Å²) in [6.45, 7) is 3.00. The molecule has 1 atom stereocenters. The van der Waals surface area contributed by atoms with Gasteiger partial charge in [-0.3, -0.25) is 0 Å². The second kappa shape index (κ2) is 4.80.